The summed E-state index contributed by atoms with van der Waals surface area (Å²) in [5.74, 6) is -2.26. The van der Waals surface area contributed by atoms with Crippen LogP contribution in [0.5, 0.6) is 0 Å². The lowest BCUT2D eigenvalue weighted by atomic mass is 10.2. The number of ketones is 1. The Kier molecular flexibility index (Phi) is 4.06. The Hall–Kier alpha value is -2.38. The summed E-state index contributed by atoms with van der Waals surface area (Å²) in [6.07, 6.45) is -0.0110. The molecular formula is C16H19F2N5O. The molecule has 3 rings (SSSR count). The molecule has 0 bridgehead atoms. The molecule has 1 saturated carbocycles. The van der Waals surface area contributed by atoms with Gasteiger partial charge in [-0.15, -0.1) is 0 Å². The first kappa shape index (κ1) is 16.5. The van der Waals surface area contributed by atoms with Crippen molar-refractivity contribution in [3.63, 3.8) is 0 Å². The van der Waals surface area contributed by atoms with Crippen molar-refractivity contribution in [1.82, 2.24) is 19.7 Å². The quantitative estimate of drug-likeness (QED) is 0.869. The molecule has 2 aromatic heterocycles. The van der Waals surface area contributed by atoms with E-state index < -0.39 is 5.92 Å². The molecule has 1 atom stereocenters. The second-order valence-electron chi connectivity index (χ2n) is 6.27. The number of hydrogen-bond donors (Lipinski definition) is 1. The van der Waals surface area contributed by atoms with E-state index in [0.717, 1.165) is 11.4 Å². The summed E-state index contributed by atoms with van der Waals surface area (Å²) in [5.41, 5.74) is 1.85. The standard InChI is InChI=1S/C16H19F2N5O/c1-9-6-10(2)23(22-9)15-20-13(11(3)24)7-14(21-15)19-12-4-5-16(17,18)8-12/h6-7,12H,4-5,8H2,1-3H3,(H,19,20,21). The summed E-state index contributed by atoms with van der Waals surface area (Å²) in [6.45, 7) is 5.10. The summed E-state index contributed by atoms with van der Waals surface area (Å²) >= 11 is 0. The van der Waals surface area contributed by atoms with Crippen LogP contribution in [0.15, 0.2) is 12.1 Å². The number of anilines is 1. The van der Waals surface area contributed by atoms with Crippen molar-refractivity contribution >= 4 is 11.6 Å². The SMILES string of the molecule is CC(=O)c1cc(NC2CCC(F)(F)C2)nc(-n2nc(C)cc2C)n1. The van der Waals surface area contributed by atoms with Crippen molar-refractivity contribution in [2.75, 3.05) is 5.32 Å². The molecule has 2 aromatic rings. The zero-order valence-electron chi connectivity index (χ0n) is 13.8. The van der Waals surface area contributed by atoms with Crippen molar-refractivity contribution in [2.24, 2.45) is 0 Å². The third-order valence-electron chi connectivity index (χ3n) is 4.03. The van der Waals surface area contributed by atoms with E-state index in [2.05, 4.69) is 20.4 Å². The Bertz CT molecular complexity index is 787. The smallest absolute Gasteiger partial charge is 0.253 e. The second-order valence-corrected chi connectivity index (χ2v) is 6.27. The summed E-state index contributed by atoms with van der Waals surface area (Å²) in [5, 5.41) is 7.31. The van der Waals surface area contributed by atoms with Crippen LogP contribution < -0.4 is 5.32 Å². The monoisotopic (exact) mass is 335 g/mol. The van der Waals surface area contributed by atoms with Crippen LogP contribution >= 0.6 is 0 Å². The maximum atomic E-state index is 13.4. The van der Waals surface area contributed by atoms with Gasteiger partial charge in [0.1, 0.15) is 11.5 Å². The van der Waals surface area contributed by atoms with Crippen LogP contribution in [0.3, 0.4) is 0 Å². The van der Waals surface area contributed by atoms with Crippen LogP contribution in [0.1, 0.15) is 48.1 Å². The second kappa shape index (κ2) is 5.92. The Balaban J connectivity index is 1.95. The van der Waals surface area contributed by atoms with Crippen LogP contribution in [-0.2, 0) is 0 Å². The Morgan fingerprint density at radius 2 is 2.08 bits per heavy atom. The van der Waals surface area contributed by atoms with Gasteiger partial charge in [-0.2, -0.15) is 10.1 Å². The molecule has 0 aromatic carbocycles. The molecule has 1 aliphatic rings. The lowest BCUT2D eigenvalue weighted by Gasteiger charge is -2.15. The molecule has 24 heavy (non-hydrogen) atoms. The molecule has 0 radical (unpaired) electrons. The molecule has 1 N–H and O–H groups in total. The molecular weight excluding hydrogens is 316 g/mol. The molecule has 0 aliphatic heterocycles. The summed E-state index contributed by atoms with van der Waals surface area (Å²) in [4.78, 5) is 20.3. The van der Waals surface area contributed by atoms with E-state index in [1.807, 2.05) is 19.9 Å². The fourth-order valence-electron chi connectivity index (χ4n) is 2.90. The predicted molar refractivity (Wildman–Crippen MR) is 84.8 cm³/mol. The van der Waals surface area contributed by atoms with Crippen LogP contribution in [0.25, 0.3) is 5.95 Å². The molecule has 1 aliphatic carbocycles. The average Bonchev–Trinajstić information content (AvgIpc) is 3.00. The topological polar surface area (TPSA) is 72.7 Å². The van der Waals surface area contributed by atoms with Gasteiger partial charge in [-0.1, -0.05) is 0 Å². The number of rotatable bonds is 4. The molecule has 0 spiro atoms. The highest BCUT2D eigenvalue weighted by Gasteiger charge is 2.39. The molecule has 8 heteroatoms. The fourth-order valence-corrected chi connectivity index (χ4v) is 2.90. The maximum Gasteiger partial charge on any atom is 0.253 e. The first-order chi connectivity index (χ1) is 11.2. The first-order valence-corrected chi connectivity index (χ1v) is 7.81. The number of alkyl halides is 2. The number of nitrogens with zero attached hydrogens (tertiary/aromatic N) is 4. The molecule has 2 heterocycles. The Morgan fingerprint density at radius 3 is 2.62 bits per heavy atom. The molecule has 0 saturated heterocycles. The van der Waals surface area contributed by atoms with Gasteiger partial charge in [0, 0.05) is 37.6 Å². The molecule has 6 nitrogen and oxygen atoms in total. The van der Waals surface area contributed by atoms with Crippen LogP contribution in [0, 0.1) is 13.8 Å². The first-order valence-electron chi connectivity index (χ1n) is 7.81. The van der Waals surface area contributed by atoms with Gasteiger partial charge >= 0.3 is 0 Å². The third-order valence-corrected chi connectivity index (χ3v) is 4.03. The van der Waals surface area contributed by atoms with Crippen molar-refractivity contribution in [3.8, 4) is 5.95 Å². The number of carbonyl (C=O) groups is 1. The van der Waals surface area contributed by atoms with Gasteiger partial charge in [-0.25, -0.2) is 18.4 Å². The van der Waals surface area contributed by atoms with Crippen LogP contribution in [0.2, 0.25) is 0 Å². The summed E-state index contributed by atoms with van der Waals surface area (Å²) < 4.78 is 28.3. The van der Waals surface area contributed by atoms with Crippen molar-refractivity contribution < 1.29 is 13.6 Å². The van der Waals surface area contributed by atoms with Gasteiger partial charge in [-0.3, -0.25) is 4.79 Å². The van der Waals surface area contributed by atoms with E-state index in [9.17, 15) is 13.6 Å². The zero-order chi connectivity index (χ0) is 17.5. The summed E-state index contributed by atoms with van der Waals surface area (Å²) in [6, 6.07) is 2.99. The van der Waals surface area contributed by atoms with Crippen LogP contribution in [0.4, 0.5) is 14.6 Å². The van der Waals surface area contributed by atoms with Crippen molar-refractivity contribution in [3.05, 3.63) is 29.2 Å². The zero-order valence-corrected chi connectivity index (χ0v) is 13.8. The minimum atomic E-state index is -2.65. The average molecular weight is 335 g/mol. The number of aromatic nitrogens is 4. The minimum absolute atomic E-state index is 0.139. The fraction of sp³-hybridized carbons (Fsp3) is 0.500. The minimum Gasteiger partial charge on any atom is -0.367 e. The molecule has 1 unspecified atom stereocenters. The number of nitrogens with one attached hydrogen (secondary N) is 1. The molecule has 128 valence electrons. The highest BCUT2D eigenvalue weighted by Crippen LogP contribution is 2.36. The van der Waals surface area contributed by atoms with E-state index in [4.69, 9.17) is 0 Å². The van der Waals surface area contributed by atoms with E-state index in [0.29, 0.717) is 12.2 Å². The van der Waals surface area contributed by atoms with Gasteiger partial charge in [0.05, 0.1) is 5.69 Å². The number of aryl methyl sites for hydroxylation is 2. The molecule has 0 amide bonds. The Labute approximate surface area is 138 Å². The van der Waals surface area contributed by atoms with Crippen molar-refractivity contribution in [2.45, 2.75) is 52.0 Å². The van der Waals surface area contributed by atoms with Crippen molar-refractivity contribution in [1.29, 1.82) is 0 Å². The van der Waals surface area contributed by atoms with E-state index in [-0.39, 0.29) is 36.3 Å². The highest BCUT2D eigenvalue weighted by atomic mass is 19.3. The summed E-state index contributed by atoms with van der Waals surface area (Å²) in [7, 11) is 0. The largest absolute Gasteiger partial charge is 0.367 e. The van der Waals surface area contributed by atoms with E-state index in [1.165, 1.54) is 17.7 Å². The van der Waals surface area contributed by atoms with Gasteiger partial charge in [0.15, 0.2) is 5.78 Å². The molecule has 1 fully saturated rings. The number of halogens is 2. The number of Topliss-reactive ketones (excluding diaryl/α,β-unsaturated/α-hetero) is 1. The van der Waals surface area contributed by atoms with E-state index >= 15 is 0 Å². The lowest BCUT2D eigenvalue weighted by Crippen LogP contribution is -2.21. The number of carbonyl (C=O) groups excluding carboxylic acids is 1. The lowest BCUT2D eigenvalue weighted by molar-refractivity contribution is 0.00851. The predicted octanol–water partition coefficient (Wildman–Crippen LogP) is 3.08. The normalized spacial score (nSPS) is 19.5. The third kappa shape index (κ3) is 3.42. The van der Waals surface area contributed by atoms with Crippen LogP contribution in [-0.4, -0.2) is 37.5 Å². The number of hydrogen-bond acceptors (Lipinski definition) is 5. The maximum absolute atomic E-state index is 13.4. The van der Waals surface area contributed by atoms with Gasteiger partial charge in [0.2, 0.25) is 5.92 Å². The van der Waals surface area contributed by atoms with Gasteiger partial charge < -0.3 is 5.32 Å². The van der Waals surface area contributed by atoms with Gasteiger partial charge in [0.25, 0.3) is 5.95 Å². The Morgan fingerprint density at radius 1 is 1.33 bits per heavy atom. The van der Waals surface area contributed by atoms with E-state index in [1.54, 1.807) is 0 Å². The highest BCUT2D eigenvalue weighted by molar-refractivity contribution is 5.92. The van der Waals surface area contributed by atoms with Gasteiger partial charge in [-0.05, 0) is 26.3 Å².